The Bertz CT molecular complexity index is 481. The van der Waals surface area contributed by atoms with Crippen molar-refractivity contribution >= 4 is 23.2 Å². The molecule has 1 aromatic carbocycles. The first-order valence-electron chi connectivity index (χ1n) is 7.78. The molecule has 4 heteroatoms. The molecule has 0 spiro atoms. The Hall–Kier alpha value is -1.32. The van der Waals surface area contributed by atoms with E-state index >= 15 is 0 Å². The standard InChI is InChI=1S/C18H26ClNO2/c1-4-22-13-9-8-12-20(17(21)14-19)18(15(2)3)16-10-6-5-7-11-16/h5-7,10-11H,4,8-9,12-14H2,1-3H3. The van der Waals surface area contributed by atoms with Crippen molar-refractivity contribution in [1.82, 2.24) is 4.90 Å². The fourth-order valence-electron chi connectivity index (χ4n) is 2.36. The Labute approximate surface area is 138 Å². The van der Waals surface area contributed by atoms with Crippen LogP contribution in [0.25, 0.3) is 5.70 Å². The van der Waals surface area contributed by atoms with Crippen LogP contribution >= 0.6 is 11.6 Å². The highest BCUT2D eigenvalue weighted by atomic mass is 35.5. The smallest absolute Gasteiger partial charge is 0.241 e. The Balaban J connectivity index is 2.88. The normalized spacial score (nSPS) is 10.4. The molecule has 0 aliphatic heterocycles. The third kappa shape index (κ3) is 5.82. The third-order valence-electron chi connectivity index (χ3n) is 3.33. The van der Waals surface area contributed by atoms with Gasteiger partial charge in [0.25, 0.3) is 0 Å². The fourth-order valence-corrected chi connectivity index (χ4v) is 2.51. The van der Waals surface area contributed by atoms with Gasteiger partial charge in [-0.05, 0) is 39.2 Å². The maximum Gasteiger partial charge on any atom is 0.241 e. The number of carbonyl (C=O) groups is 1. The number of hydrogen-bond donors (Lipinski definition) is 0. The van der Waals surface area contributed by atoms with Gasteiger partial charge in [-0.1, -0.05) is 35.9 Å². The lowest BCUT2D eigenvalue weighted by Gasteiger charge is -2.27. The Kier molecular flexibility index (Phi) is 8.86. The number of rotatable bonds is 9. The quantitative estimate of drug-likeness (QED) is 0.500. The fraction of sp³-hybridized carbons (Fsp3) is 0.500. The van der Waals surface area contributed by atoms with Crippen molar-refractivity contribution in [3.05, 3.63) is 41.5 Å². The summed E-state index contributed by atoms with van der Waals surface area (Å²) in [4.78, 5) is 14.1. The molecule has 0 saturated heterocycles. The first-order valence-corrected chi connectivity index (χ1v) is 8.32. The largest absolute Gasteiger partial charge is 0.382 e. The van der Waals surface area contributed by atoms with E-state index in [-0.39, 0.29) is 11.8 Å². The van der Waals surface area contributed by atoms with Crippen molar-refractivity contribution in [2.75, 3.05) is 25.6 Å². The van der Waals surface area contributed by atoms with Gasteiger partial charge in [-0.15, -0.1) is 11.6 Å². The predicted molar refractivity (Wildman–Crippen MR) is 92.9 cm³/mol. The number of allylic oxidation sites excluding steroid dienone is 1. The maximum absolute atomic E-state index is 12.3. The molecular formula is C18H26ClNO2. The molecule has 0 radical (unpaired) electrons. The lowest BCUT2D eigenvalue weighted by molar-refractivity contribution is -0.125. The van der Waals surface area contributed by atoms with E-state index in [4.69, 9.17) is 16.3 Å². The maximum atomic E-state index is 12.3. The average Bonchev–Trinajstić information content (AvgIpc) is 2.53. The summed E-state index contributed by atoms with van der Waals surface area (Å²) in [6, 6.07) is 9.99. The van der Waals surface area contributed by atoms with Crippen molar-refractivity contribution in [3.8, 4) is 0 Å². The SMILES string of the molecule is CCOCCCCN(C(=O)CCl)C(=C(C)C)c1ccccc1. The summed E-state index contributed by atoms with van der Waals surface area (Å²) in [6.07, 6.45) is 1.83. The molecule has 1 rings (SSSR count). The van der Waals surface area contributed by atoms with Gasteiger partial charge < -0.3 is 9.64 Å². The van der Waals surface area contributed by atoms with E-state index in [0.717, 1.165) is 42.9 Å². The molecule has 1 aromatic rings. The molecule has 1 amide bonds. The molecule has 122 valence electrons. The van der Waals surface area contributed by atoms with Gasteiger partial charge in [0.15, 0.2) is 0 Å². The minimum atomic E-state index is -0.0573. The second-order valence-corrected chi connectivity index (χ2v) is 5.56. The summed E-state index contributed by atoms with van der Waals surface area (Å²) in [5.41, 5.74) is 3.11. The number of carbonyl (C=O) groups excluding carboxylic acids is 1. The first-order chi connectivity index (χ1) is 10.6. The van der Waals surface area contributed by atoms with Crippen molar-refractivity contribution < 1.29 is 9.53 Å². The monoisotopic (exact) mass is 323 g/mol. The van der Waals surface area contributed by atoms with E-state index in [1.807, 2.05) is 56.0 Å². The Morgan fingerprint density at radius 3 is 2.41 bits per heavy atom. The van der Waals surface area contributed by atoms with Gasteiger partial charge in [0.05, 0.1) is 0 Å². The lowest BCUT2D eigenvalue weighted by Crippen LogP contribution is -2.32. The number of unbranched alkanes of at least 4 members (excludes halogenated alkanes) is 1. The topological polar surface area (TPSA) is 29.5 Å². The molecule has 0 heterocycles. The van der Waals surface area contributed by atoms with Crippen molar-refractivity contribution in [1.29, 1.82) is 0 Å². The predicted octanol–water partition coefficient (Wildman–Crippen LogP) is 4.32. The second-order valence-electron chi connectivity index (χ2n) is 5.30. The van der Waals surface area contributed by atoms with Crippen molar-refractivity contribution in [2.24, 2.45) is 0 Å². The molecule has 0 saturated carbocycles. The van der Waals surface area contributed by atoms with E-state index in [9.17, 15) is 4.79 Å². The zero-order valence-electron chi connectivity index (χ0n) is 13.8. The molecule has 0 aliphatic carbocycles. The van der Waals surface area contributed by atoms with E-state index in [1.54, 1.807) is 0 Å². The van der Waals surface area contributed by atoms with Crippen LogP contribution in [-0.4, -0.2) is 36.4 Å². The van der Waals surface area contributed by atoms with E-state index in [0.29, 0.717) is 6.54 Å². The number of benzene rings is 1. The molecule has 0 aliphatic rings. The van der Waals surface area contributed by atoms with Crippen LogP contribution in [0.2, 0.25) is 0 Å². The van der Waals surface area contributed by atoms with Crippen molar-refractivity contribution in [2.45, 2.75) is 33.6 Å². The molecule has 0 N–H and O–H groups in total. The van der Waals surface area contributed by atoms with Gasteiger partial charge in [0, 0.05) is 25.5 Å². The van der Waals surface area contributed by atoms with Crippen LogP contribution in [0.15, 0.2) is 35.9 Å². The minimum Gasteiger partial charge on any atom is -0.382 e. The zero-order valence-corrected chi connectivity index (χ0v) is 14.5. The first kappa shape index (κ1) is 18.7. The minimum absolute atomic E-state index is 0.00489. The lowest BCUT2D eigenvalue weighted by atomic mass is 10.1. The summed E-state index contributed by atoms with van der Waals surface area (Å²) in [6.45, 7) is 8.16. The molecule has 22 heavy (non-hydrogen) atoms. The van der Waals surface area contributed by atoms with Crippen LogP contribution < -0.4 is 0 Å². The zero-order chi connectivity index (χ0) is 16.4. The molecule has 0 unspecified atom stereocenters. The summed E-state index contributed by atoms with van der Waals surface area (Å²) >= 11 is 5.81. The van der Waals surface area contributed by atoms with Gasteiger partial charge >= 0.3 is 0 Å². The highest BCUT2D eigenvalue weighted by Gasteiger charge is 2.19. The second kappa shape index (κ2) is 10.4. The molecular weight excluding hydrogens is 298 g/mol. The highest BCUT2D eigenvalue weighted by Crippen LogP contribution is 2.24. The van der Waals surface area contributed by atoms with Gasteiger partial charge in [0.2, 0.25) is 5.91 Å². The summed E-state index contributed by atoms with van der Waals surface area (Å²) in [7, 11) is 0. The summed E-state index contributed by atoms with van der Waals surface area (Å²) in [5, 5.41) is 0. The van der Waals surface area contributed by atoms with Crippen molar-refractivity contribution in [3.63, 3.8) is 0 Å². The number of amides is 1. The summed E-state index contributed by atoms with van der Waals surface area (Å²) in [5.74, 6) is -0.0622. The number of alkyl halides is 1. The number of hydrogen-bond acceptors (Lipinski definition) is 2. The van der Waals surface area contributed by atoms with Gasteiger partial charge in [-0.25, -0.2) is 0 Å². The van der Waals surface area contributed by atoms with Crippen LogP contribution in [0.4, 0.5) is 0 Å². The van der Waals surface area contributed by atoms with E-state index < -0.39 is 0 Å². The Morgan fingerprint density at radius 2 is 1.86 bits per heavy atom. The van der Waals surface area contributed by atoms with Crippen LogP contribution in [0.3, 0.4) is 0 Å². The van der Waals surface area contributed by atoms with E-state index in [2.05, 4.69) is 0 Å². The number of ether oxygens (including phenoxy) is 1. The molecule has 0 bridgehead atoms. The number of nitrogens with zero attached hydrogens (tertiary/aromatic N) is 1. The van der Waals surface area contributed by atoms with Gasteiger partial charge in [-0.3, -0.25) is 4.79 Å². The van der Waals surface area contributed by atoms with E-state index in [1.165, 1.54) is 0 Å². The van der Waals surface area contributed by atoms with Crippen LogP contribution in [0.1, 0.15) is 39.2 Å². The average molecular weight is 324 g/mol. The van der Waals surface area contributed by atoms with Crippen LogP contribution in [0.5, 0.6) is 0 Å². The van der Waals surface area contributed by atoms with Crippen LogP contribution in [0, 0.1) is 0 Å². The Morgan fingerprint density at radius 1 is 1.18 bits per heavy atom. The number of halogens is 1. The highest BCUT2D eigenvalue weighted by molar-refractivity contribution is 6.27. The van der Waals surface area contributed by atoms with Gasteiger partial charge in [-0.2, -0.15) is 0 Å². The summed E-state index contributed by atoms with van der Waals surface area (Å²) < 4.78 is 5.35. The van der Waals surface area contributed by atoms with Gasteiger partial charge in [0.1, 0.15) is 5.88 Å². The third-order valence-corrected chi connectivity index (χ3v) is 3.56. The van der Waals surface area contributed by atoms with Crippen LogP contribution in [-0.2, 0) is 9.53 Å². The molecule has 0 aromatic heterocycles. The molecule has 3 nitrogen and oxygen atoms in total. The molecule has 0 atom stereocenters. The molecule has 0 fully saturated rings.